The number of nitrogens with one attached hydrogen (secondary N) is 1. The van der Waals surface area contributed by atoms with Crippen molar-refractivity contribution in [2.45, 2.75) is 65.3 Å². The van der Waals surface area contributed by atoms with E-state index in [1.54, 1.807) is 0 Å². The van der Waals surface area contributed by atoms with Gasteiger partial charge >= 0.3 is 0 Å². The van der Waals surface area contributed by atoms with Crippen LogP contribution in [0.1, 0.15) is 59.3 Å². The summed E-state index contributed by atoms with van der Waals surface area (Å²) in [5, 5.41) is 12.2. The molecule has 0 aliphatic heterocycles. The third-order valence-electron chi connectivity index (χ3n) is 3.24. The molecule has 18 heavy (non-hydrogen) atoms. The molecule has 2 atom stereocenters. The van der Waals surface area contributed by atoms with E-state index in [1.165, 1.54) is 25.7 Å². The average molecular weight is 254 g/mol. The van der Waals surface area contributed by atoms with E-state index < -0.39 is 0 Å². The monoisotopic (exact) mass is 254 g/mol. The third kappa shape index (κ3) is 9.44. The van der Waals surface area contributed by atoms with Crippen LogP contribution in [0.15, 0.2) is 0 Å². The topological polar surface area (TPSA) is 45.0 Å². The molecule has 0 rings (SSSR count). The summed E-state index contributed by atoms with van der Waals surface area (Å²) in [4.78, 5) is 0. The van der Waals surface area contributed by atoms with Crippen molar-refractivity contribution in [3.05, 3.63) is 0 Å². The second kappa shape index (κ2) is 12.9. The van der Waals surface area contributed by atoms with Crippen molar-refractivity contribution in [1.29, 1.82) is 5.26 Å². The quantitative estimate of drug-likeness (QED) is 0.542. The normalized spacial score (nSPS) is 14.1. The fraction of sp³-hybridized carbons (Fsp3) is 0.933. The van der Waals surface area contributed by atoms with Gasteiger partial charge in [-0.25, -0.2) is 0 Å². The summed E-state index contributed by atoms with van der Waals surface area (Å²) in [6.07, 6.45) is 6.86. The molecule has 106 valence electrons. The molecule has 0 saturated heterocycles. The van der Waals surface area contributed by atoms with Gasteiger partial charge in [-0.2, -0.15) is 5.26 Å². The zero-order valence-electron chi connectivity index (χ0n) is 12.4. The maximum Gasteiger partial charge on any atom is 0.0975 e. The Hall–Kier alpha value is -0.590. The van der Waals surface area contributed by atoms with Gasteiger partial charge in [0.05, 0.1) is 12.1 Å². The Morgan fingerprint density at radius 1 is 1.17 bits per heavy atom. The number of hydrogen-bond acceptors (Lipinski definition) is 3. The Bertz CT molecular complexity index is 213. The van der Waals surface area contributed by atoms with E-state index >= 15 is 0 Å². The molecule has 0 aromatic heterocycles. The summed E-state index contributed by atoms with van der Waals surface area (Å²) in [5.74, 6) is 0.689. The number of rotatable bonds is 12. The van der Waals surface area contributed by atoms with Gasteiger partial charge in [0.1, 0.15) is 0 Å². The minimum atomic E-state index is -0.0549. The molecule has 2 unspecified atom stereocenters. The summed E-state index contributed by atoms with van der Waals surface area (Å²) in [6, 6.07) is 2.23. The van der Waals surface area contributed by atoms with Crippen LogP contribution in [0.3, 0.4) is 0 Å². The Labute approximate surface area is 113 Å². The van der Waals surface area contributed by atoms with Gasteiger partial charge in [0.15, 0.2) is 0 Å². The minimum Gasteiger partial charge on any atom is -0.381 e. The van der Waals surface area contributed by atoms with Gasteiger partial charge in [-0.3, -0.25) is 0 Å². The van der Waals surface area contributed by atoms with E-state index in [-0.39, 0.29) is 6.04 Å². The molecule has 1 N–H and O–H groups in total. The first-order chi connectivity index (χ1) is 8.78. The number of unbranched alkanes of at least 4 members (excludes halogenated alkanes) is 1. The lowest BCUT2D eigenvalue weighted by molar-refractivity contribution is 0.0894. The molecule has 0 radical (unpaired) electrons. The average Bonchev–Trinajstić information content (AvgIpc) is 2.41. The number of nitriles is 1. The number of hydrogen-bond donors (Lipinski definition) is 1. The van der Waals surface area contributed by atoms with Crippen molar-refractivity contribution in [1.82, 2.24) is 5.32 Å². The van der Waals surface area contributed by atoms with E-state index in [0.717, 1.165) is 26.0 Å². The molecule has 0 spiro atoms. The lowest BCUT2D eigenvalue weighted by atomic mass is 10.0. The Morgan fingerprint density at radius 3 is 2.50 bits per heavy atom. The molecule has 0 aromatic carbocycles. The first-order valence-electron chi connectivity index (χ1n) is 7.49. The van der Waals surface area contributed by atoms with E-state index in [2.05, 4.69) is 32.2 Å². The van der Waals surface area contributed by atoms with Crippen LogP contribution in [0, 0.1) is 17.2 Å². The van der Waals surface area contributed by atoms with Gasteiger partial charge in [-0.05, 0) is 31.7 Å². The summed E-state index contributed by atoms with van der Waals surface area (Å²) < 4.78 is 5.70. The van der Waals surface area contributed by atoms with Crippen molar-refractivity contribution in [3.8, 4) is 6.07 Å². The predicted molar refractivity (Wildman–Crippen MR) is 76.4 cm³/mol. The molecule has 0 saturated carbocycles. The maximum atomic E-state index is 8.96. The first-order valence-corrected chi connectivity index (χ1v) is 7.49. The van der Waals surface area contributed by atoms with Crippen molar-refractivity contribution in [2.75, 3.05) is 19.8 Å². The molecule has 0 fully saturated rings. The van der Waals surface area contributed by atoms with E-state index in [4.69, 9.17) is 10.00 Å². The molecule has 3 heteroatoms. The summed E-state index contributed by atoms with van der Waals surface area (Å²) in [5.41, 5.74) is 0. The fourth-order valence-corrected chi connectivity index (χ4v) is 1.88. The van der Waals surface area contributed by atoms with Gasteiger partial charge in [-0.15, -0.1) is 0 Å². The molecule has 0 amide bonds. The van der Waals surface area contributed by atoms with Crippen molar-refractivity contribution < 1.29 is 4.74 Å². The third-order valence-corrected chi connectivity index (χ3v) is 3.24. The summed E-state index contributed by atoms with van der Waals surface area (Å²) in [7, 11) is 0. The fourth-order valence-electron chi connectivity index (χ4n) is 1.88. The highest BCUT2D eigenvalue weighted by Gasteiger charge is 2.08. The Morgan fingerprint density at radius 2 is 1.94 bits per heavy atom. The molecule has 0 aromatic rings. The zero-order chi connectivity index (χ0) is 13.6. The maximum absolute atomic E-state index is 8.96. The molecule has 0 heterocycles. The first kappa shape index (κ1) is 17.4. The lowest BCUT2D eigenvalue weighted by Crippen LogP contribution is -2.29. The van der Waals surface area contributed by atoms with Crippen LogP contribution < -0.4 is 5.32 Å². The standard InChI is InChI=1S/C15H30N2O/c1-4-7-8-14(6-3)13-18-11-9-15(12-16)17-10-5-2/h14-15,17H,4-11,13H2,1-3H3. The highest BCUT2D eigenvalue weighted by Crippen LogP contribution is 2.12. The molecule has 0 aliphatic carbocycles. The van der Waals surface area contributed by atoms with E-state index in [1.807, 2.05) is 0 Å². The van der Waals surface area contributed by atoms with Crippen LogP contribution >= 0.6 is 0 Å². The second-order valence-corrected chi connectivity index (χ2v) is 4.92. The minimum absolute atomic E-state index is 0.0549. The second-order valence-electron chi connectivity index (χ2n) is 4.92. The van der Waals surface area contributed by atoms with E-state index in [9.17, 15) is 0 Å². The van der Waals surface area contributed by atoms with Gasteiger partial charge in [0, 0.05) is 13.2 Å². The summed E-state index contributed by atoms with van der Waals surface area (Å²) >= 11 is 0. The zero-order valence-corrected chi connectivity index (χ0v) is 12.4. The Kier molecular flexibility index (Phi) is 12.4. The van der Waals surface area contributed by atoms with Gasteiger partial charge < -0.3 is 10.1 Å². The van der Waals surface area contributed by atoms with Gasteiger partial charge in [0.25, 0.3) is 0 Å². The van der Waals surface area contributed by atoms with Crippen LogP contribution in [0.25, 0.3) is 0 Å². The van der Waals surface area contributed by atoms with Crippen LogP contribution in [0.2, 0.25) is 0 Å². The highest BCUT2D eigenvalue weighted by atomic mass is 16.5. The molecule has 0 bridgehead atoms. The smallest absolute Gasteiger partial charge is 0.0975 e. The molecular formula is C15H30N2O. The molecular weight excluding hydrogens is 224 g/mol. The molecule has 0 aliphatic rings. The Balaban J connectivity index is 3.59. The van der Waals surface area contributed by atoms with Gasteiger partial charge in [-0.1, -0.05) is 40.0 Å². The van der Waals surface area contributed by atoms with Crippen LogP contribution in [-0.2, 0) is 4.74 Å². The highest BCUT2D eigenvalue weighted by molar-refractivity contribution is 4.89. The summed E-state index contributed by atoms with van der Waals surface area (Å²) in [6.45, 7) is 9.01. The van der Waals surface area contributed by atoms with Crippen LogP contribution in [-0.4, -0.2) is 25.8 Å². The molecule has 3 nitrogen and oxygen atoms in total. The predicted octanol–water partition coefficient (Wildman–Crippen LogP) is 3.50. The van der Waals surface area contributed by atoms with Crippen molar-refractivity contribution in [3.63, 3.8) is 0 Å². The van der Waals surface area contributed by atoms with Crippen molar-refractivity contribution in [2.24, 2.45) is 5.92 Å². The lowest BCUT2D eigenvalue weighted by Gasteiger charge is -2.16. The van der Waals surface area contributed by atoms with Gasteiger partial charge in [0.2, 0.25) is 0 Å². The van der Waals surface area contributed by atoms with E-state index in [0.29, 0.717) is 12.5 Å². The van der Waals surface area contributed by atoms with Crippen LogP contribution in [0.5, 0.6) is 0 Å². The number of ether oxygens (including phenoxy) is 1. The largest absolute Gasteiger partial charge is 0.381 e. The SMILES string of the molecule is CCCCC(CC)COCCC(C#N)NCCC. The van der Waals surface area contributed by atoms with Crippen molar-refractivity contribution >= 4 is 0 Å². The van der Waals surface area contributed by atoms with Crippen LogP contribution in [0.4, 0.5) is 0 Å². The number of nitrogens with zero attached hydrogens (tertiary/aromatic N) is 1.